The lowest BCUT2D eigenvalue weighted by molar-refractivity contribution is -0.311. The number of nitrogens with one attached hydrogen (secondary N) is 1. The number of hydrogen-bond acceptors (Lipinski definition) is 5. The summed E-state index contributed by atoms with van der Waals surface area (Å²) in [5.74, 6) is 0.628. The Labute approximate surface area is 93.0 Å². The summed E-state index contributed by atoms with van der Waals surface area (Å²) in [5, 5.41) is 12.9. The van der Waals surface area contributed by atoms with Crippen LogP contribution in [0.4, 0.5) is 0 Å². The number of carboxylic acid groups (broad SMARTS) is 1. The van der Waals surface area contributed by atoms with E-state index in [1.807, 2.05) is 5.32 Å². The summed E-state index contributed by atoms with van der Waals surface area (Å²) in [6.45, 7) is 3.87. The van der Waals surface area contributed by atoms with Crippen molar-refractivity contribution >= 4 is 17.8 Å². The van der Waals surface area contributed by atoms with Crippen LogP contribution in [0.1, 0.15) is 20.8 Å². The summed E-state index contributed by atoms with van der Waals surface area (Å²) in [7, 11) is 0. The molecule has 0 bridgehead atoms. The predicted octanol–water partition coefficient (Wildman–Crippen LogP) is -1.80. The highest BCUT2D eigenvalue weighted by atomic mass is 16.5. The van der Waals surface area contributed by atoms with Crippen LogP contribution < -0.4 is 10.4 Å². The zero-order chi connectivity index (χ0) is 12.8. The minimum atomic E-state index is -2.43. The Balaban J connectivity index is 5.39. The first-order chi connectivity index (χ1) is 7.40. The second kappa shape index (κ2) is 5.75. The van der Waals surface area contributed by atoms with Crippen molar-refractivity contribution in [3.05, 3.63) is 0 Å². The first kappa shape index (κ1) is 14.0. The van der Waals surface area contributed by atoms with Crippen LogP contribution in [0.3, 0.4) is 0 Å². The molecule has 0 saturated carbocycles. The van der Waals surface area contributed by atoms with Crippen molar-refractivity contribution in [1.29, 1.82) is 0 Å². The van der Waals surface area contributed by atoms with Gasteiger partial charge < -0.3 is 20.0 Å². The van der Waals surface area contributed by atoms with Gasteiger partial charge in [0.25, 0.3) is 0 Å². The number of ether oxygens (including phenoxy) is 1. The lowest BCUT2D eigenvalue weighted by Gasteiger charge is -2.27. The first-order valence-electron chi connectivity index (χ1n) is 4.52. The number of esters is 1. The van der Waals surface area contributed by atoms with E-state index < -0.39 is 23.4 Å². The number of rotatable bonds is 4. The van der Waals surface area contributed by atoms with Crippen LogP contribution in [-0.2, 0) is 19.1 Å². The Bertz CT molecular complexity index is 365. The fraction of sp³-hybridized carbons (Fsp3) is 0.500. The molecule has 6 heteroatoms. The lowest BCUT2D eigenvalue weighted by Crippen LogP contribution is -2.64. The third kappa shape index (κ3) is 2.98. The van der Waals surface area contributed by atoms with Gasteiger partial charge in [-0.15, -0.1) is 5.92 Å². The summed E-state index contributed by atoms with van der Waals surface area (Å²) >= 11 is 0. The molecular weight excluding hydrogens is 214 g/mol. The van der Waals surface area contributed by atoms with Crippen LogP contribution in [0.5, 0.6) is 0 Å². The molecule has 16 heavy (non-hydrogen) atoms. The maximum absolute atomic E-state index is 11.5. The molecule has 1 unspecified atom stereocenters. The van der Waals surface area contributed by atoms with Gasteiger partial charge >= 0.3 is 5.97 Å². The Morgan fingerprint density at radius 1 is 1.44 bits per heavy atom. The van der Waals surface area contributed by atoms with Gasteiger partial charge in [-0.3, -0.25) is 4.79 Å². The van der Waals surface area contributed by atoms with Crippen molar-refractivity contribution in [2.24, 2.45) is 0 Å². The first-order valence-corrected chi connectivity index (χ1v) is 4.52. The predicted molar refractivity (Wildman–Crippen MR) is 51.6 cm³/mol. The molecule has 0 aromatic heterocycles. The second-order valence-corrected chi connectivity index (χ2v) is 2.81. The van der Waals surface area contributed by atoms with Crippen LogP contribution in [0, 0.1) is 11.8 Å². The zero-order valence-corrected chi connectivity index (χ0v) is 9.25. The summed E-state index contributed by atoms with van der Waals surface area (Å²) < 4.78 is 4.55. The van der Waals surface area contributed by atoms with E-state index in [2.05, 4.69) is 16.6 Å². The van der Waals surface area contributed by atoms with E-state index in [4.69, 9.17) is 0 Å². The van der Waals surface area contributed by atoms with Gasteiger partial charge in [0.15, 0.2) is 0 Å². The molecule has 6 nitrogen and oxygen atoms in total. The third-order valence-electron chi connectivity index (χ3n) is 1.56. The summed E-state index contributed by atoms with van der Waals surface area (Å²) in [4.78, 5) is 33.3. The molecule has 0 rings (SSSR count). The molecule has 88 valence electrons. The number of hydrogen-bond donors (Lipinski definition) is 1. The van der Waals surface area contributed by atoms with Gasteiger partial charge in [0.1, 0.15) is 0 Å². The summed E-state index contributed by atoms with van der Waals surface area (Å²) in [5.41, 5.74) is -2.43. The fourth-order valence-electron chi connectivity index (χ4n) is 1.01. The van der Waals surface area contributed by atoms with Crippen molar-refractivity contribution in [2.45, 2.75) is 26.3 Å². The van der Waals surface area contributed by atoms with Gasteiger partial charge in [-0.2, -0.15) is 0 Å². The second-order valence-electron chi connectivity index (χ2n) is 2.81. The van der Waals surface area contributed by atoms with Crippen LogP contribution in [0.2, 0.25) is 0 Å². The van der Waals surface area contributed by atoms with Crippen molar-refractivity contribution in [3.8, 4) is 11.8 Å². The van der Waals surface area contributed by atoms with E-state index in [9.17, 15) is 19.5 Å². The molecule has 1 amide bonds. The summed E-state index contributed by atoms with van der Waals surface area (Å²) in [6.07, 6.45) is 0. The molecular formula is C10H12NO5-. The molecule has 0 saturated heterocycles. The highest BCUT2D eigenvalue weighted by Gasteiger charge is 2.41. The van der Waals surface area contributed by atoms with E-state index >= 15 is 0 Å². The standard InChI is InChI=1S/C10H13NO5/c1-4-6-10(8(13)14,11-7(3)12)9(15)16-5-2/h5H2,1-3H3,(H,11,12)(H,13,14)/p-1. The van der Waals surface area contributed by atoms with Crippen LogP contribution in [0.15, 0.2) is 0 Å². The summed E-state index contributed by atoms with van der Waals surface area (Å²) in [6, 6.07) is 0. The van der Waals surface area contributed by atoms with E-state index in [0.29, 0.717) is 0 Å². The minimum absolute atomic E-state index is 0.0289. The molecule has 0 aromatic rings. The van der Waals surface area contributed by atoms with Crippen LogP contribution in [0.25, 0.3) is 0 Å². The third-order valence-corrected chi connectivity index (χ3v) is 1.56. The van der Waals surface area contributed by atoms with Crippen molar-refractivity contribution < 1.29 is 24.2 Å². The van der Waals surface area contributed by atoms with Gasteiger partial charge in [0.2, 0.25) is 11.4 Å². The monoisotopic (exact) mass is 226 g/mol. The number of carboxylic acids is 1. The maximum Gasteiger partial charge on any atom is 0.350 e. The average Bonchev–Trinajstić information content (AvgIpc) is 2.16. The smallest absolute Gasteiger partial charge is 0.350 e. The molecule has 0 aliphatic carbocycles. The molecule has 0 spiro atoms. The van der Waals surface area contributed by atoms with E-state index in [-0.39, 0.29) is 6.61 Å². The maximum atomic E-state index is 11.5. The minimum Gasteiger partial charge on any atom is -0.546 e. The largest absolute Gasteiger partial charge is 0.546 e. The molecule has 0 radical (unpaired) electrons. The zero-order valence-electron chi connectivity index (χ0n) is 9.25. The Kier molecular flexibility index (Phi) is 5.02. The Hall–Kier alpha value is -2.03. The van der Waals surface area contributed by atoms with Gasteiger partial charge in [-0.05, 0) is 13.8 Å². The van der Waals surface area contributed by atoms with Crippen molar-refractivity contribution in [2.75, 3.05) is 6.61 Å². The molecule has 0 aliphatic rings. The fourth-order valence-corrected chi connectivity index (χ4v) is 1.01. The van der Waals surface area contributed by atoms with E-state index in [1.165, 1.54) is 13.8 Å². The Morgan fingerprint density at radius 2 is 2.00 bits per heavy atom. The van der Waals surface area contributed by atoms with Crippen molar-refractivity contribution in [3.63, 3.8) is 0 Å². The van der Waals surface area contributed by atoms with Gasteiger partial charge in [0.05, 0.1) is 12.6 Å². The highest BCUT2D eigenvalue weighted by molar-refractivity contribution is 6.09. The molecule has 1 N–H and O–H groups in total. The SMILES string of the molecule is CC#CC(NC(C)=O)(C(=O)[O-])C(=O)OCC. The Morgan fingerprint density at radius 3 is 2.31 bits per heavy atom. The van der Waals surface area contributed by atoms with E-state index in [1.54, 1.807) is 0 Å². The van der Waals surface area contributed by atoms with Gasteiger partial charge in [-0.1, -0.05) is 5.92 Å². The van der Waals surface area contributed by atoms with Gasteiger partial charge in [-0.25, -0.2) is 4.79 Å². The molecule has 0 fully saturated rings. The molecule has 0 aliphatic heterocycles. The number of carbonyl (C=O) groups excluding carboxylic acids is 3. The highest BCUT2D eigenvalue weighted by Crippen LogP contribution is 2.06. The lowest BCUT2D eigenvalue weighted by atomic mass is 10.0. The molecule has 0 aromatic carbocycles. The average molecular weight is 226 g/mol. The molecule has 0 heterocycles. The number of amides is 1. The topological polar surface area (TPSA) is 95.5 Å². The van der Waals surface area contributed by atoms with Crippen LogP contribution >= 0.6 is 0 Å². The van der Waals surface area contributed by atoms with Gasteiger partial charge in [0, 0.05) is 6.92 Å². The van der Waals surface area contributed by atoms with E-state index in [0.717, 1.165) is 6.92 Å². The number of carbonyl (C=O) groups is 3. The molecule has 1 atom stereocenters. The number of aliphatic carboxylic acids is 1. The van der Waals surface area contributed by atoms with Crippen molar-refractivity contribution in [1.82, 2.24) is 5.32 Å². The normalized spacial score (nSPS) is 12.7. The van der Waals surface area contributed by atoms with Crippen LogP contribution in [-0.4, -0.2) is 30.0 Å². The quantitative estimate of drug-likeness (QED) is 0.346.